The first-order chi connectivity index (χ1) is 6.59. The van der Waals surface area contributed by atoms with Crippen LogP contribution in [0.1, 0.15) is 10.7 Å². The van der Waals surface area contributed by atoms with E-state index in [0.717, 1.165) is 15.6 Å². The van der Waals surface area contributed by atoms with Gasteiger partial charge in [-0.25, -0.2) is 9.66 Å². The molecule has 0 unspecified atom stereocenters. The molecule has 0 bridgehead atoms. The van der Waals surface area contributed by atoms with Gasteiger partial charge in [-0.3, -0.25) is 0 Å². The first kappa shape index (κ1) is 8.95. The third kappa shape index (κ3) is 1.22. The Balaban J connectivity index is 2.59. The zero-order chi connectivity index (χ0) is 10.3. The minimum atomic E-state index is 0.199. The number of nitrogen functional groups attached to an aromatic ring is 2. The van der Waals surface area contributed by atoms with Crippen LogP contribution in [0.4, 0.5) is 5.95 Å². The van der Waals surface area contributed by atoms with Crippen LogP contribution in [0, 0.1) is 13.8 Å². The van der Waals surface area contributed by atoms with Gasteiger partial charge in [0.2, 0.25) is 5.95 Å². The summed E-state index contributed by atoms with van der Waals surface area (Å²) >= 11 is 1.52. The molecule has 0 atom stereocenters. The Morgan fingerprint density at radius 1 is 1.29 bits per heavy atom. The van der Waals surface area contributed by atoms with Gasteiger partial charge in [-0.05, 0) is 13.8 Å². The number of aryl methyl sites for hydroxylation is 2. The summed E-state index contributed by atoms with van der Waals surface area (Å²) in [5.74, 6) is 6.42. The molecule has 74 valence electrons. The minimum absolute atomic E-state index is 0.199. The van der Waals surface area contributed by atoms with Gasteiger partial charge in [0, 0.05) is 0 Å². The molecule has 0 saturated carbocycles. The van der Waals surface area contributed by atoms with E-state index in [1.807, 2.05) is 13.8 Å². The predicted octanol–water partition coefficient (Wildman–Crippen LogP) is 0.314. The second-order valence-corrected chi connectivity index (χ2v) is 4.10. The van der Waals surface area contributed by atoms with Gasteiger partial charge in [-0.2, -0.15) is 0 Å². The Kier molecular flexibility index (Phi) is 1.88. The van der Waals surface area contributed by atoms with Crippen molar-refractivity contribution in [2.24, 2.45) is 0 Å². The monoisotopic (exact) mass is 210 g/mol. The lowest BCUT2D eigenvalue weighted by Gasteiger charge is -1.97. The van der Waals surface area contributed by atoms with Gasteiger partial charge >= 0.3 is 0 Å². The van der Waals surface area contributed by atoms with E-state index in [4.69, 9.17) is 11.6 Å². The van der Waals surface area contributed by atoms with Crippen LogP contribution in [0.3, 0.4) is 0 Å². The number of nitrogens with zero attached hydrogens (tertiary/aromatic N) is 4. The zero-order valence-electron chi connectivity index (χ0n) is 7.85. The van der Waals surface area contributed by atoms with Crippen LogP contribution in [0.5, 0.6) is 0 Å². The molecule has 7 heteroatoms. The van der Waals surface area contributed by atoms with Crippen molar-refractivity contribution in [3.05, 3.63) is 10.7 Å². The van der Waals surface area contributed by atoms with Crippen molar-refractivity contribution >= 4 is 17.3 Å². The number of rotatable bonds is 1. The molecule has 0 aromatic carbocycles. The molecule has 0 radical (unpaired) electrons. The van der Waals surface area contributed by atoms with Gasteiger partial charge in [-0.15, -0.1) is 21.5 Å². The Morgan fingerprint density at radius 2 is 2.00 bits per heavy atom. The molecule has 0 fully saturated rings. The molecule has 4 N–H and O–H groups in total. The van der Waals surface area contributed by atoms with E-state index in [1.165, 1.54) is 16.0 Å². The van der Waals surface area contributed by atoms with Crippen LogP contribution in [0.25, 0.3) is 10.7 Å². The SMILES string of the molecule is Cc1nc(C)c(-c2nnc(N)n2N)s1. The molecule has 2 aromatic rings. The molecule has 0 spiro atoms. The van der Waals surface area contributed by atoms with E-state index < -0.39 is 0 Å². The summed E-state index contributed by atoms with van der Waals surface area (Å²) in [6, 6.07) is 0. The summed E-state index contributed by atoms with van der Waals surface area (Å²) in [6.45, 7) is 3.84. The molecule has 6 nitrogen and oxygen atoms in total. The van der Waals surface area contributed by atoms with Gasteiger partial charge in [-0.1, -0.05) is 0 Å². The molecule has 0 aliphatic carbocycles. The fourth-order valence-corrected chi connectivity index (χ4v) is 2.10. The number of thiazole rings is 1. The van der Waals surface area contributed by atoms with Gasteiger partial charge in [0.05, 0.1) is 15.6 Å². The number of aromatic nitrogens is 4. The molecule has 2 rings (SSSR count). The Labute approximate surface area is 84.6 Å². The van der Waals surface area contributed by atoms with Crippen LogP contribution in [0.2, 0.25) is 0 Å². The molecule has 0 aliphatic rings. The van der Waals surface area contributed by atoms with E-state index in [2.05, 4.69) is 15.2 Å². The highest BCUT2D eigenvalue weighted by molar-refractivity contribution is 7.15. The van der Waals surface area contributed by atoms with Crippen molar-refractivity contribution < 1.29 is 0 Å². The maximum atomic E-state index is 5.66. The molecule has 0 saturated heterocycles. The topological polar surface area (TPSA) is 95.6 Å². The van der Waals surface area contributed by atoms with Crippen molar-refractivity contribution in [3.8, 4) is 10.7 Å². The van der Waals surface area contributed by atoms with Gasteiger partial charge in [0.1, 0.15) is 0 Å². The average Bonchev–Trinajstić information content (AvgIpc) is 2.59. The molecule has 2 aromatic heterocycles. The summed E-state index contributed by atoms with van der Waals surface area (Å²) < 4.78 is 1.26. The third-order valence-electron chi connectivity index (χ3n) is 1.83. The van der Waals surface area contributed by atoms with E-state index in [1.54, 1.807) is 0 Å². The number of hydrogen-bond donors (Lipinski definition) is 2. The lowest BCUT2D eigenvalue weighted by atomic mass is 10.4. The first-order valence-corrected chi connectivity index (χ1v) is 4.81. The van der Waals surface area contributed by atoms with Crippen LogP contribution in [-0.2, 0) is 0 Å². The average molecular weight is 210 g/mol. The van der Waals surface area contributed by atoms with Gasteiger partial charge in [0.25, 0.3) is 0 Å². The summed E-state index contributed by atoms with van der Waals surface area (Å²) in [5, 5.41) is 8.55. The molecule has 0 amide bonds. The van der Waals surface area contributed by atoms with Crippen LogP contribution in [0.15, 0.2) is 0 Å². The van der Waals surface area contributed by atoms with E-state index in [0.29, 0.717) is 5.82 Å². The lowest BCUT2D eigenvalue weighted by Crippen LogP contribution is -2.13. The van der Waals surface area contributed by atoms with Gasteiger partial charge < -0.3 is 11.6 Å². The van der Waals surface area contributed by atoms with Crippen molar-refractivity contribution in [1.29, 1.82) is 0 Å². The number of nitrogens with two attached hydrogens (primary N) is 2. The highest BCUT2D eigenvalue weighted by atomic mass is 32.1. The summed E-state index contributed by atoms with van der Waals surface area (Å²) in [7, 11) is 0. The fourth-order valence-electron chi connectivity index (χ4n) is 1.20. The minimum Gasteiger partial charge on any atom is -0.366 e. The Hall–Kier alpha value is -1.63. The standard InChI is InChI=1S/C7H10N6S/c1-3-5(14-4(2)10-3)6-11-12-7(8)13(6)9/h9H2,1-2H3,(H2,8,12). The maximum absolute atomic E-state index is 5.66. The lowest BCUT2D eigenvalue weighted by molar-refractivity contribution is 1.02. The fraction of sp³-hybridized carbons (Fsp3) is 0.286. The number of anilines is 1. The van der Waals surface area contributed by atoms with Crippen LogP contribution in [-0.4, -0.2) is 19.9 Å². The molecule has 14 heavy (non-hydrogen) atoms. The molecular formula is C7H10N6S. The normalized spacial score (nSPS) is 10.7. The third-order valence-corrected chi connectivity index (χ3v) is 2.90. The molecule has 2 heterocycles. The second-order valence-electron chi connectivity index (χ2n) is 2.90. The molecule has 0 aliphatic heterocycles. The predicted molar refractivity (Wildman–Crippen MR) is 55.2 cm³/mol. The zero-order valence-corrected chi connectivity index (χ0v) is 8.67. The maximum Gasteiger partial charge on any atom is 0.241 e. The summed E-state index contributed by atoms with van der Waals surface area (Å²) in [6.07, 6.45) is 0. The Morgan fingerprint density at radius 3 is 2.43 bits per heavy atom. The Bertz CT molecular complexity index is 470. The van der Waals surface area contributed by atoms with Crippen molar-refractivity contribution in [3.63, 3.8) is 0 Å². The van der Waals surface area contributed by atoms with Crippen molar-refractivity contribution in [1.82, 2.24) is 19.9 Å². The van der Waals surface area contributed by atoms with Crippen LogP contribution >= 0.6 is 11.3 Å². The second kappa shape index (κ2) is 2.95. The van der Waals surface area contributed by atoms with Crippen molar-refractivity contribution in [2.45, 2.75) is 13.8 Å². The van der Waals surface area contributed by atoms with Crippen LogP contribution < -0.4 is 11.6 Å². The van der Waals surface area contributed by atoms with E-state index in [-0.39, 0.29) is 5.95 Å². The van der Waals surface area contributed by atoms with E-state index >= 15 is 0 Å². The number of hydrogen-bond acceptors (Lipinski definition) is 6. The summed E-state index contributed by atoms with van der Waals surface area (Å²) in [4.78, 5) is 5.19. The highest BCUT2D eigenvalue weighted by Crippen LogP contribution is 2.27. The summed E-state index contributed by atoms with van der Waals surface area (Å²) in [5.41, 5.74) is 6.38. The van der Waals surface area contributed by atoms with Crippen molar-refractivity contribution in [2.75, 3.05) is 11.6 Å². The smallest absolute Gasteiger partial charge is 0.241 e. The largest absolute Gasteiger partial charge is 0.366 e. The first-order valence-electron chi connectivity index (χ1n) is 4.00. The van der Waals surface area contributed by atoms with E-state index in [9.17, 15) is 0 Å². The quantitative estimate of drug-likeness (QED) is 0.660. The molecular weight excluding hydrogens is 200 g/mol. The van der Waals surface area contributed by atoms with Gasteiger partial charge in [0.15, 0.2) is 5.82 Å². The highest BCUT2D eigenvalue weighted by Gasteiger charge is 2.14.